The molecule has 2 aromatic heterocycles. The fourth-order valence-corrected chi connectivity index (χ4v) is 4.19. The minimum atomic E-state index is 0.655. The highest BCUT2D eigenvalue weighted by Gasteiger charge is 2.18. The zero-order valence-electron chi connectivity index (χ0n) is 19.5. The molecule has 1 aliphatic heterocycles. The van der Waals surface area contributed by atoms with Crippen molar-refractivity contribution in [3.8, 4) is 17.0 Å². The number of H-pyrrole nitrogens is 1. The van der Waals surface area contributed by atoms with E-state index in [2.05, 4.69) is 39.2 Å². The van der Waals surface area contributed by atoms with E-state index < -0.39 is 0 Å². The van der Waals surface area contributed by atoms with Crippen LogP contribution in [0.15, 0.2) is 48.7 Å². The maximum absolute atomic E-state index is 11.0. The Morgan fingerprint density at radius 3 is 2.59 bits per heavy atom. The van der Waals surface area contributed by atoms with Gasteiger partial charge < -0.3 is 19.9 Å². The van der Waals surface area contributed by atoms with Crippen LogP contribution in [0.25, 0.3) is 11.3 Å². The van der Waals surface area contributed by atoms with Gasteiger partial charge in [0.25, 0.3) is 0 Å². The van der Waals surface area contributed by atoms with Gasteiger partial charge in [0, 0.05) is 47.5 Å². The molecule has 0 aliphatic carbocycles. The molecule has 0 radical (unpaired) electrons. The van der Waals surface area contributed by atoms with E-state index in [0.717, 1.165) is 47.1 Å². The standard InChI is InChI=1S/C13H21N3.C13H13NO2/c1-11-9-13(3-6-15-11)16-7-4-12(5-8-16)10-14-2;1-9-7-10(8-15)13(14-9)11-5-3-4-6-12(11)16-2/h3,6,9,12,14H,4-5,7-8,10H2,1-2H3;3-8,14H,1-2H3. The van der Waals surface area contributed by atoms with E-state index in [9.17, 15) is 4.79 Å². The Bertz CT molecular complexity index is 1010. The predicted molar refractivity (Wildman–Crippen MR) is 131 cm³/mol. The average Bonchev–Trinajstić information content (AvgIpc) is 3.21. The predicted octanol–water partition coefficient (Wildman–Crippen LogP) is 4.64. The van der Waals surface area contributed by atoms with E-state index in [4.69, 9.17) is 4.74 Å². The third-order valence-electron chi connectivity index (χ3n) is 5.84. The molecule has 0 amide bonds. The SMILES string of the molecule is CNCC1CCN(c2ccnc(C)c2)CC1.COc1ccccc1-c1[nH]c(C)cc1C=O. The first-order valence-electron chi connectivity index (χ1n) is 11.2. The quantitative estimate of drug-likeness (QED) is 0.553. The van der Waals surface area contributed by atoms with Gasteiger partial charge in [-0.05, 0) is 76.5 Å². The third-order valence-corrected chi connectivity index (χ3v) is 5.84. The van der Waals surface area contributed by atoms with Gasteiger partial charge in [0.05, 0.1) is 12.8 Å². The Morgan fingerprint density at radius 1 is 1.19 bits per heavy atom. The van der Waals surface area contributed by atoms with E-state index >= 15 is 0 Å². The number of nitrogens with zero attached hydrogens (tertiary/aromatic N) is 2. The summed E-state index contributed by atoms with van der Waals surface area (Å²) in [5.41, 5.74) is 5.76. The molecule has 170 valence electrons. The lowest BCUT2D eigenvalue weighted by atomic mass is 9.96. The van der Waals surface area contributed by atoms with Gasteiger partial charge in [0.2, 0.25) is 0 Å². The number of hydrogen-bond donors (Lipinski definition) is 2. The van der Waals surface area contributed by atoms with Crippen LogP contribution in [0.1, 0.15) is 34.6 Å². The molecule has 0 saturated carbocycles. The van der Waals surface area contributed by atoms with E-state index in [1.165, 1.54) is 31.6 Å². The topological polar surface area (TPSA) is 70.2 Å². The molecule has 1 aromatic carbocycles. The zero-order chi connectivity index (χ0) is 22.9. The van der Waals surface area contributed by atoms with Crippen molar-refractivity contribution in [2.45, 2.75) is 26.7 Å². The highest BCUT2D eigenvalue weighted by Crippen LogP contribution is 2.31. The molecule has 0 atom stereocenters. The monoisotopic (exact) mass is 434 g/mol. The normalized spacial score (nSPS) is 13.9. The Labute approximate surface area is 191 Å². The van der Waals surface area contributed by atoms with Crippen molar-refractivity contribution in [2.75, 3.05) is 38.7 Å². The second-order valence-corrected chi connectivity index (χ2v) is 8.24. The van der Waals surface area contributed by atoms with Crippen LogP contribution in [-0.2, 0) is 0 Å². The number of carbonyl (C=O) groups is 1. The number of para-hydroxylation sites is 1. The van der Waals surface area contributed by atoms with Crippen LogP contribution in [0.3, 0.4) is 0 Å². The third kappa shape index (κ3) is 5.98. The molecule has 0 spiro atoms. The van der Waals surface area contributed by atoms with Crippen LogP contribution < -0.4 is 15.0 Å². The number of carbonyl (C=O) groups excluding carboxylic acids is 1. The average molecular weight is 435 g/mol. The van der Waals surface area contributed by atoms with Crippen LogP contribution in [0.2, 0.25) is 0 Å². The number of anilines is 1. The number of aryl methyl sites for hydroxylation is 2. The molecule has 3 heterocycles. The van der Waals surface area contributed by atoms with Crippen molar-refractivity contribution in [1.82, 2.24) is 15.3 Å². The summed E-state index contributed by atoms with van der Waals surface area (Å²) in [6.07, 6.45) is 5.35. The lowest BCUT2D eigenvalue weighted by molar-refractivity contribution is 0.112. The molecule has 1 saturated heterocycles. The van der Waals surface area contributed by atoms with Gasteiger partial charge in [-0.2, -0.15) is 0 Å². The van der Waals surface area contributed by atoms with Gasteiger partial charge in [0.1, 0.15) is 5.75 Å². The van der Waals surface area contributed by atoms with Gasteiger partial charge in [-0.15, -0.1) is 0 Å². The molecular weight excluding hydrogens is 400 g/mol. The molecular formula is C26H34N4O2. The molecule has 32 heavy (non-hydrogen) atoms. The fraction of sp³-hybridized carbons (Fsp3) is 0.385. The molecule has 6 nitrogen and oxygen atoms in total. The summed E-state index contributed by atoms with van der Waals surface area (Å²) in [6.45, 7) is 7.48. The largest absolute Gasteiger partial charge is 0.496 e. The van der Waals surface area contributed by atoms with Crippen LogP contribution in [-0.4, -0.2) is 50.0 Å². The maximum atomic E-state index is 11.0. The lowest BCUT2D eigenvalue weighted by Crippen LogP contribution is -2.36. The molecule has 2 N–H and O–H groups in total. The van der Waals surface area contributed by atoms with Gasteiger partial charge in [-0.3, -0.25) is 9.78 Å². The van der Waals surface area contributed by atoms with Crippen molar-refractivity contribution in [1.29, 1.82) is 0 Å². The van der Waals surface area contributed by atoms with Crippen molar-refractivity contribution < 1.29 is 9.53 Å². The molecule has 3 aromatic rings. The van der Waals surface area contributed by atoms with Gasteiger partial charge in [0.15, 0.2) is 6.29 Å². The minimum Gasteiger partial charge on any atom is -0.496 e. The Balaban J connectivity index is 0.000000181. The van der Waals surface area contributed by atoms with Crippen LogP contribution >= 0.6 is 0 Å². The summed E-state index contributed by atoms with van der Waals surface area (Å²) in [6, 6.07) is 13.7. The van der Waals surface area contributed by atoms with Gasteiger partial charge in [-0.25, -0.2) is 0 Å². The number of hydrogen-bond acceptors (Lipinski definition) is 5. The summed E-state index contributed by atoms with van der Waals surface area (Å²) >= 11 is 0. The van der Waals surface area contributed by atoms with Crippen LogP contribution in [0, 0.1) is 19.8 Å². The summed E-state index contributed by atoms with van der Waals surface area (Å²) in [4.78, 5) is 20.8. The highest BCUT2D eigenvalue weighted by molar-refractivity contribution is 5.88. The smallest absolute Gasteiger partial charge is 0.152 e. The molecule has 0 bridgehead atoms. The highest BCUT2D eigenvalue weighted by atomic mass is 16.5. The fourth-order valence-electron chi connectivity index (χ4n) is 4.19. The number of benzene rings is 1. The number of aldehydes is 1. The summed E-state index contributed by atoms with van der Waals surface area (Å²) in [5, 5.41) is 3.27. The van der Waals surface area contributed by atoms with E-state index in [-0.39, 0.29) is 0 Å². The second kappa shape index (κ2) is 11.5. The number of ether oxygens (including phenoxy) is 1. The number of nitrogens with one attached hydrogen (secondary N) is 2. The van der Waals surface area contributed by atoms with Gasteiger partial charge >= 0.3 is 0 Å². The minimum absolute atomic E-state index is 0.655. The van der Waals surface area contributed by atoms with Crippen molar-refractivity contribution in [3.05, 3.63) is 65.6 Å². The van der Waals surface area contributed by atoms with Gasteiger partial charge in [-0.1, -0.05) is 12.1 Å². The lowest BCUT2D eigenvalue weighted by Gasteiger charge is -2.33. The summed E-state index contributed by atoms with van der Waals surface area (Å²) in [7, 11) is 3.66. The molecule has 4 rings (SSSR count). The zero-order valence-corrected chi connectivity index (χ0v) is 19.5. The number of piperidine rings is 1. The summed E-state index contributed by atoms with van der Waals surface area (Å²) < 4.78 is 5.27. The Kier molecular flexibility index (Phi) is 8.45. The molecule has 1 fully saturated rings. The maximum Gasteiger partial charge on any atom is 0.152 e. The van der Waals surface area contributed by atoms with Crippen molar-refractivity contribution >= 4 is 12.0 Å². The van der Waals surface area contributed by atoms with Crippen molar-refractivity contribution in [3.63, 3.8) is 0 Å². The number of aromatic nitrogens is 2. The Morgan fingerprint density at radius 2 is 1.94 bits per heavy atom. The number of aromatic amines is 1. The Hall–Kier alpha value is -3.12. The first kappa shape index (κ1) is 23.5. The number of pyridine rings is 1. The number of methoxy groups -OCH3 is 1. The second-order valence-electron chi connectivity index (χ2n) is 8.24. The van der Waals surface area contributed by atoms with E-state index in [1.807, 2.05) is 50.5 Å². The van der Waals surface area contributed by atoms with E-state index in [0.29, 0.717) is 5.56 Å². The number of rotatable bonds is 6. The van der Waals surface area contributed by atoms with Crippen LogP contribution in [0.4, 0.5) is 5.69 Å². The summed E-state index contributed by atoms with van der Waals surface area (Å²) in [5.74, 6) is 1.61. The first-order chi connectivity index (χ1) is 15.5. The molecule has 0 unspecified atom stereocenters. The van der Waals surface area contributed by atoms with E-state index in [1.54, 1.807) is 7.11 Å². The van der Waals surface area contributed by atoms with Crippen molar-refractivity contribution in [2.24, 2.45) is 5.92 Å². The first-order valence-corrected chi connectivity index (χ1v) is 11.2. The molecule has 6 heteroatoms. The van der Waals surface area contributed by atoms with Crippen LogP contribution in [0.5, 0.6) is 5.75 Å². The molecule has 1 aliphatic rings.